The molecule has 0 radical (unpaired) electrons. The third-order valence-corrected chi connectivity index (χ3v) is 3.43. The van der Waals surface area contributed by atoms with E-state index < -0.39 is 22.8 Å². The quantitative estimate of drug-likeness (QED) is 0.798. The number of hydrogen-bond donors (Lipinski definition) is 1. The zero-order valence-corrected chi connectivity index (χ0v) is 11.1. The molecule has 0 fully saturated rings. The molecule has 1 aromatic carbocycles. The Hall–Kier alpha value is -1.44. The van der Waals surface area contributed by atoms with Crippen LogP contribution in [0.1, 0.15) is 5.56 Å². The van der Waals surface area contributed by atoms with Gasteiger partial charge in [0, 0.05) is 20.6 Å². The maximum absolute atomic E-state index is 11.4. The highest BCUT2D eigenvalue weighted by Crippen LogP contribution is 1.98. The van der Waals surface area contributed by atoms with Crippen molar-refractivity contribution in [3.05, 3.63) is 35.9 Å². The summed E-state index contributed by atoms with van der Waals surface area (Å²) in [5, 5.41) is 2.56. The highest BCUT2D eigenvalue weighted by Gasteiger charge is 2.16. The van der Waals surface area contributed by atoms with Crippen LogP contribution in [0.2, 0.25) is 0 Å². The molecular formula is C11H16N2O4S. The van der Waals surface area contributed by atoms with Crippen molar-refractivity contribution < 1.29 is 17.4 Å². The van der Waals surface area contributed by atoms with E-state index in [0.717, 1.165) is 9.87 Å². The molecular weight excluding hydrogens is 256 g/mol. The molecule has 0 saturated heterocycles. The Balaban J connectivity index is 2.35. The fourth-order valence-electron chi connectivity index (χ4n) is 1.08. The van der Waals surface area contributed by atoms with E-state index in [2.05, 4.69) is 9.50 Å². The zero-order valence-electron chi connectivity index (χ0n) is 10.3. The predicted octanol–water partition coefficient (Wildman–Crippen LogP) is 0.126. The average Bonchev–Trinajstić information content (AvgIpc) is 2.35. The maximum atomic E-state index is 11.4. The Morgan fingerprint density at radius 2 is 1.89 bits per heavy atom. The van der Waals surface area contributed by atoms with Gasteiger partial charge in [0.25, 0.3) is 0 Å². The Morgan fingerprint density at radius 1 is 1.28 bits per heavy atom. The Morgan fingerprint density at radius 3 is 2.44 bits per heavy atom. The largest absolute Gasteiger partial charge is 0.350 e. The molecule has 0 aromatic heterocycles. The van der Waals surface area contributed by atoms with Crippen molar-refractivity contribution in [2.24, 2.45) is 0 Å². The lowest BCUT2D eigenvalue weighted by molar-refractivity contribution is -0.123. The van der Waals surface area contributed by atoms with E-state index in [9.17, 15) is 13.2 Å². The van der Waals surface area contributed by atoms with Crippen LogP contribution < -0.4 is 5.32 Å². The van der Waals surface area contributed by atoms with Crippen molar-refractivity contribution in [1.29, 1.82) is 0 Å². The molecule has 1 rings (SSSR count). The first-order valence-electron chi connectivity index (χ1n) is 5.29. The van der Waals surface area contributed by atoms with Gasteiger partial charge in [-0.1, -0.05) is 30.3 Å². The maximum Gasteiger partial charge on any atom is 0.338 e. The van der Waals surface area contributed by atoms with E-state index in [4.69, 9.17) is 0 Å². The van der Waals surface area contributed by atoms with Crippen LogP contribution in [0.5, 0.6) is 0 Å². The minimum Gasteiger partial charge on any atom is -0.350 e. The van der Waals surface area contributed by atoms with Crippen molar-refractivity contribution in [1.82, 2.24) is 9.62 Å². The van der Waals surface area contributed by atoms with Gasteiger partial charge in [0.15, 0.2) is 0 Å². The van der Waals surface area contributed by atoms with Gasteiger partial charge in [-0.25, -0.2) is 4.18 Å². The summed E-state index contributed by atoms with van der Waals surface area (Å²) in [6, 6.07) is 9.30. The number of rotatable bonds is 6. The minimum atomic E-state index is -3.80. The second-order valence-electron chi connectivity index (χ2n) is 3.76. The summed E-state index contributed by atoms with van der Waals surface area (Å²) in [7, 11) is -1.14. The Kier molecular flexibility index (Phi) is 5.26. The molecule has 0 bridgehead atoms. The van der Waals surface area contributed by atoms with Crippen LogP contribution in [0, 0.1) is 0 Å². The van der Waals surface area contributed by atoms with Crippen LogP contribution in [-0.4, -0.2) is 39.3 Å². The van der Waals surface area contributed by atoms with Gasteiger partial charge in [-0.15, -0.1) is 0 Å². The van der Waals surface area contributed by atoms with E-state index in [0.29, 0.717) is 6.54 Å². The fourth-order valence-corrected chi connectivity index (χ4v) is 1.55. The van der Waals surface area contributed by atoms with Gasteiger partial charge in [0.05, 0.1) is 0 Å². The van der Waals surface area contributed by atoms with Gasteiger partial charge >= 0.3 is 10.3 Å². The van der Waals surface area contributed by atoms with Crippen LogP contribution in [0.4, 0.5) is 0 Å². The number of hydrogen-bond acceptors (Lipinski definition) is 4. The topological polar surface area (TPSA) is 75.7 Å². The van der Waals surface area contributed by atoms with Crippen LogP contribution in [0.25, 0.3) is 0 Å². The second kappa shape index (κ2) is 6.48. The fraction of sp³-hybridized carbons (Fsp3) is 0.364. The summed E-state index contributed by atoms with van der Waals surface area (Å²) in [6.07, 6.45) is 0. The summed E-state index contributed by atoms with van der Waals surface area (Å²) < 4.78 is 27.9. The van der Waals surface area contributed by atoms with Crippen molar-refractivity contribution in [3.63, 3.8) is 0 Å². The highest BCUT2D eigenvalue weighted by atomic mass is 32.2. The van der Waals surface area contributed by atoms with Crippen LogP contribution in [-0.2, 0) is 25.8 Å². The molecule has 1 amide bonds. The molecule has 7 heteroatoms. The van der Waals surface area contributed by atoms with Crippen molar-refractivity contribution in [2.75, 3.05) is 20.7 Å². The van der Waals surface area contributed by atoms with Gasteiger partial charge in [-0.05, 0) is 5.56 Å². The van der Waals surface area contributed by atoms with Gasteiger partial charge in [-0.3, -0.25) is 4.79 Å². The summed E-state index contributed by atoms with van der Waals surface area (Å²) in [5.74, 6) is -0.482. The van der Waals surface area contributed by atoms with Gasteiger partial charge in [-0.2, -0.15) is 12.7 Å². The standard InChI is InChI=1S/C11H16N2O4S/c1-13(2)18(15,16)17-9-11(14)12-8-10-6-4-3-5-7-10/h3-7H,8-9H2,1-2H3,(H,12,14). The summed E-state index contributed by atoms with van der Waals surface area (Å²) in [6.45, 7) is -0.182. The van der Waals surface area contributed by atoms with Crippen molar-refractivity contribution in [2.45, 2.75) is 6.54 Å². The van der Waals surface area contributed by atoms with E-state index in [1.807, 2.05) is 30.3 Å². The lowest BCUT2D eigenvalue weighted by atomic mass is 10.2. The van der Waals surface area contributed by atoms with E-state index in [1.165, 1.54) is 14.1 Å². The molecule has 0 unspecified atom stereocenters. The normalized spacial score (nSPS) is 11.5. The highest BCUT2D eigenvalue weighted by molar-refractivity contribution is 7.84. The summed E-state index contributed by atoms with van der Waals surface area (Å²) >= 11 is 0. The van der Waals surface area contributed by atoms with Gasteiger partial charge in [0.2, 0.25) is 5.91 Å². The number of nitrogens with zero attached hydrogens (tertiary/aromatic N) is 1. The van der Waals surface area contributed by atoms with Crippen LogP contribution in [0.15, 0.2) is 30.3 Å². The Bertz CT molecular complexity index is 485. The molecule has 0 heterocycles. The van der Waals surface area contributed by atoms with Gasteiger partial charge in [0.1, 0.15) is 6.61 Å². The average molecular weight is 272 g/mol. The van der Waals surface area contributed by atoms with Gasteiger partial charge < -0.3 is 5.32 Å². The molecule has 0 saturated carbocycles. The first-order valence-corrected chi connectivity index (χ1v) is 6.66. The molecule has 1 N–H and O–H groups in total. The third kappa shape index (κ3) is 4.82. The summed E-state index contributed by atoms with van der Waals surface area (Å²) in [4.78, 5) is 11.4. The molecule has 100 valence electrons. The SMILES string of the molecule is CN(C)S(=O)(=O)OCC(=O)NCc1ccccc1. The molecule has 6 nitrogen and oxygen atoms in total. The number of carbonyl (C=O) groups excluding carboxylic acids is 1. The molecule has 0 atom stereocenters. The zero-order chi connectivity index (χ0) is 13.6. The van der Waals surface area contributed by atoms with E-state index >= 15 is 0 Å². The number of nitrogens with one attached hydrogen (secondary N) is 1. The van der Waals surface area contributed by atoms with Crippen LogP contribution >= 0.6 is 0 Å². The molecule has 18 heavy (non-hydrogen) atoms. The lowest BCUT2D eigenvalue weighted by Gasteiger charge is -2.11. The first-order chi connectivity index (χ1) is 8.42. The molecule has 0 aliphatic heterocycles. The molecule has 0 aliphatic rings. The number of benzene rings is 1. The molecule has 0 aliphatic carbocycles. The van der Waals surface area contributed by atoms with Crippen molar-refractivity contribution in [3.8, 4) is 0 Å². The van der Waals surface area contributed by atoms with E-state index in [1.54, 1.807) is 0 Å². The predicted molar refractivity (Wildman–Crippen MR) is 66.8 cm³/mol. The number of carbonyl (C=O) groups is 1. The second-order valence-corrected chi connectivity index (χ2v) is 5.59. The van der Waals surface area contributed by atoms with E-state index in [-0.39, 0.29) is 0 Å². The smallest absolute Gasteiger partial charge is 0.338 e. The Labute approximate surface area is 107 Å². The molecule has 0 spiro atoms. The third-order valence-electron chi connectivity index (χ3n) is 2.12. The van der Waals surface area contributed by atoms with Crippen molar-refractivity contribution >= 4 is 16.2 Å². The first kappa shape index (κ1) is 14.6. The summed E-state index contributed by atoms with van der Waals surface area (Å²) in [5.41, 5.74) is 0.932. The lowest BCUT2D eigenvalue weighted by Crippen LogP contribution is -2.32. The molecule has 1 aromatic rings. The van der Waals surface area contributed by atoms with Crippen LogP contribution in [0.3, 0.4) is 0 Å². The minimum absolute atomic E-state index is 0.338. The monoisotopic (exact) mass is 272 g/mol. The number of amides is 1.